The third-order valence-electron chi connectivity index (χ3n) is 6.18. The van der Waals surface area contributed by atoms with E-state index in [-0.39, 0.29) is 12.2 Å². The van der Waals surface area contributed by atoms with Gasteiger partial charge in [-0.2, -0.15) is 0 Å². The smallest absolute Gasteiger partial charge is 0.338 e. The number of fused-ring (bicyclic) bond motifs is 1. The van der Waals surface area contributed by atoms with Crippen LogP contribution >= 0.6 is 22.9 Å². The summed E-state index contributed by atoms with van der Waals surface area (Å²) in [6, 6.07) is 16.8. The first kappa shape index (κ1) is 26.4. The molecular formula is C29H23ClN2O6S. The van der Waals surface area contributed by atoms with E-state index in [1.165, 1.54) is 23.0 Å². The topological polar surface area (TPSA) is 100 Å². The predicted molar refractivity (Wildman–Crippen MR) is 147 cm³/mol. The summed E-state index contributed by atoms with van der Waals surface area (Å²) in [5.74, 6) is -0.259. The van der Waals surface area contributed by atoms with Crippen molar-refractivity contribution in [2.45, 2.75) is 19.9 Å². The Kier molecular flexibility index (Phi) is 7.36. The molecular weight excluding hydrogens is 540 g/mol. The standard InChI is InChI=1S/C29H23ClN2O6S/c1-4-37-28(35)24-16(2)31-29-32(25(24)17-8-6-5-7-9-17)26(33)23(39-29)15-19-11-13-22(38-19)21-14-18(30)10-12-20(21)27(34)36-3/h5-15,25H,4H2,1-3H3/b23-15+/t25-/m1/s1. The summed E-state index contributed by atoms with van der Waals surface area (Å²) in [4.78, 5) is 44.0. The number of hydrogen-bond donors (Lipinski definition) is 0. The molecule has 2 aromatic carbocycles. The van der Waals surface area contributed by atoms with E-state index < -0.39 is 18.0 Å². The van der Waals surface area contributed by atoms with E-state index in [0.717, 1.165) is 5.56 Å². The van der Waals surface area contributed by atoms with Crippen molar-refractivity contribution >= 4 is 41.0 Å². The highest BCUT2D eigenvalue weighted by Gasteiger charge is 2.33. The lowest BCUT2D eigenvalue weighted by atomic mass is 9.96. The number of carbonyl (C=O) groups excluding carboxylic acids is 2. The number of halogens is 1. The fourth-order valence-electron chi connectivity index (χ4n) is 4.45. The van der Waals surface area contributed by atoms with Crippen molar-refractivity contribution in [3.63, 3.8) is 0 Å². The van der Waals surface area contributed by atoms with Crippen LogP contribution in [-0.4, -0.2) is 30.2 Å². The summed E-state index contributed by atoms with van der Waals surface area (Å²) in [7, 11) is 1.30. The number of benzene rings is 2. The van der Waals surface area contributed by atoms with Crippen molar-refractivity contribution in [1.82, 2.24) is 4.57 Å². The van der Waals surface area contributed by atoms with E-state index in [4.69, 9.17) is 25.5 Å². The second kappa shape index (κ2) is 10.9. The highest BCUT2D eigenvalue weighted by Crippen LogP contribution is 2.31. The minimum atomic E-state index is -0.690. The number of esters is 2. The van der Waals surface area contributed by atoms with Crippen LogP contribution in [0.4, 0.5) is 0 Å². The number of aromatic nitrogens is 1. The van der Waals surface area contributed by atoms with Gasteiger partial charge >= 0.3 is 11.9 Å². The minimum absolute atomic E-state index is 0.201. The second-order valence-corrected chi connectivity index (χ2v) is 10.0. The monoisotopic (exact) mass is 562 g/mol. The van der Waals surface area contributed by atoms with Crippen LogP contribution in [0.25, 0.3) is 17.4 Å². The predicted octanol–water partition coefficient (Wildman–Crippen LogP) is 4.50. The van der Waals surface area contributed by atoms with Crippen LogP contribution in [0.1, 0.15) is 41.6 Å². The zero-order chi connectivity index (χ0) is 27.7. The number of ether oxygens (including phenoxy) is 2. The van der Waals surface area contributed by atoms with Crippen LogP contribution in [0.2, 0.25) is 5.02 Å². The van der Waals surface area contributed by atoms with Gasteiger partial charge in [0.25, 0.3) is 5.56 Å². The Morgan fingerprint density at radius 2 is 1.90 bits per heavy atom. The average Bonchev–Trinajstić information content (AvgIpc) is 3.52. The van der Waals surface area contributed by atoms with Crippen LogP contribution < -0.4 is 14.9 Å². The lowest BCUT2D eigenvalue weighted by Gasteiger charge is -2.24. The molecule has 0 fully saturated rings. The van der Waals surface area contributed by atoms with Crippen LogP contribution in [0, 0.1) is 0 Å². The Morgan fingerprint density at radius 1 is 1.13 bits per heavy atom. The van der Waals surface area contributed by atoms with Gasteiger partial charge in [-0.1, -0.05) is 53.3 Å². The molecule has 10 heteroatoms. The number of furan rings is 1. The van der Waals surface area contributed by atoms with Crippen molar-refractivity contribution in [3.8, 4) is 11.3 Å². The molecule has 0 aliphatic carbocycles. The third-order valence-corrected chi connectivity index (χ3v) is 7.40. The van der Waals surface area contributed by atoms with Gasteiger partial charge in [-0.15, -0.1) is 0 Å². The molecule has 198 valence electrons. The van der Waals surface area contributed by atoms with Crippen LogP contribution in [0.15, 0.2) is 86.1 Å². The van der Waals surface area contributed by atoms with E-state index in [1.807, 2.05) is 30.3 Å². The lowest BCUT2D eigenvalue weighted by molar-refractivity contribution is -0.139. The highest BCUT2D eigenvalue weighted by atomic mass is 35.5. The van der Waals surface area contributed by atoms with Gasteiger partial charge in [0.05, 0.1) is 41.1 Å². The Morgan fingerprint density at radius 3 is 2.62 bits per heavy atom. The van der Waals surface area contributed by atoms with Gasteiger partial charge in [-0.05, 0) is 49.7 Å². The highest BCUT2D eigenvalue weighted by molar-refractivity contribution is 7.07. The molecule has 2 aromatic heterocycles. The number of hydrogen-bond acceptors (Lipinski definition) is 8. The van der Waals surface area contributed by atoms with E-state index in [0.29, 0.717) is 48.3 Å². The van der Waals surface area contributed by atoms with Crippen LogP contribution in [-0.2, 0) is 14.3 Å². The summed E-state index contributed by atoms with van der Waals surface area (Å²) >= 11 is 7.36. The zero-order valence-electron chi connectivity index (χ0n) is 21.3. The molecule has 0 spiro atoms. The number of allylic oxidation sites excluding steroid dienone is 1. The van der Waals surface area contributed by atoms with Crippen molar-refractivity contribution < 1.29 is 23.5 Å². The van der Waals surface area contributed by atoms with Gasteiger partial charge in [0.1, 0.15) is 11.5 Å². The molecule has 4 aromatic rings. The third kappa shape index (κ3) is 4.98. The average molecular weight is 563 g/mol. The number of methoxy groups -OCH3 is 1. The fourth-order valence-corrected chi connectivity index (χ4v) is 5.65. The summed E-state index contributed by atoms with van der Waals surface area (Å²) in [5, 5.41) is 0.428. The molecule has 0 N–H and O–H groups in total. The zero-order valence-corrected chi connectivity index (χ0v) is 22.8. The SMILES string of the molecule is CCOC(=O)C1=C(C)N=c2s/c(=C/c3ccc(-c4cc(Cl)ccc4C(=O)OC)o3)c(=O)n2[C@@H]1c1ccccc1. The maximum absolute atomic E-state index is 13.7. The van der Waals surface area contributed by atoms with Crippen molar-refractivity contribution in [2.75, 3.05) is 13.7 Å². The van der Waals surface area contributed by atoms with Crippen LogP contribution in [0.3, 0.4) is 0 Å². The number of carbonyl (C=O) groups is 2. The second-order valence-electron chi connectivity index (χ2n) is 8.60. The number of thiazole rings is 1. The molecule has 8 nitrogen and oxygen atoms in total. The molecule has 0 saturated heterocycles. The van der Waals surface area contributed by atoms with Crippen molar-refractivity contribution in [2.24, 2.45) is 4.99 Å². The van der Waals surface area contributed by atoms with Gasteiger partial charge in [-0.25, -0.2) is 14.6 Å². The summed E-state index contributed by atoms with van der Waals surface area (Å²) in [5.41, 5.74) is 2.02. The largest absolute Gasteiger partial charge is 0.465 e. The van der Waals surface area contributed by atoms with Gasteiger partial charge in [0.15, 0.2) is 4.80 Å². The van der Waals surface area contributed by atoms with Gasteiger partial charge in [-0.3, -0.25) is 9.36 Å². The quantitative estimate of drug-likeness (QED) is 0.321. The summed E-state index contributed by atoms with van der Waals surface area (Å²) in [6.45, 7) is 3.67. The molecule has 1 atom stereocenters. The molecule has 0 amide bonds. The molecule has 1 aliphatic rings. The lowest BCUT2D eigenvalue weighted by Crippen LogP contribution is -2.39. The first-order chi connectivity index (χ1) is 18.8. The maximum Gasteiger partial charge on any atom is 0.338 e. The van der Waals surface area contributed by atoms with E-state index >= 15 is 0 Å². The molecule has 0 unspecified atom stereocenters. The Balaban J connectivity index is 1.62. The minimum Gasteiger partial charge on any atom is -0.465 e. The Bertz CT molecular complexity index is 1800. The van der Waals surface area contributed by atoms with E-state index in [1.54, 1.807) is 50.3 Å². The molecule has 0 saturated carbocycles. The molecule has 39 heavy (non-hydrogen) atoms. The molecule has 1 aliphatic heterocycles. The Labute approximate surface area is 232 Å². The normalized spacial score (nSPS) is 15.1. The van der Waals surface area contributed by atoms with Gasteiger partial charge in [0, 0.05) is 16.7 Å². The summed E-state index contributed by atoms with van der Waals surface area (Å²) in [6.07, 6.45) is 1.61. The number of nitrogens with zero attached hydrogens (tertiary/aromatic N) is 2. The molecule has 5 rings (SSSR count). The first-order valence-electron chi connectivity index (χ1n) is 12.0. The van der Waals surface area contributed by atoms with Crippen LogP contribution in [0.5, 0.6) is 0 Å². The number of rotatable bonds is 6. The Hall–Kier alpha value is -4.21. The molecule has 0 radical (unpaired) electrons. The first-order valence-corrected chi connectivity index (χ1v) is 13.2. The van der Waals surface area contributed by atoms with Crippen molar-refractivity contribution in [1.29, 1.82) is 0 Å². The molecule has 0 bridgehead atoms. The van der Waals surface area contributed by atoms with E-state index in [2.05, 4.69) is 4.99 Å². The fraction of sp³-hybridized carbons (Fsp3) is 0.172. The van der Waals surface area contributed by atoms with Gasteiger partial charge < -0.3 is 13.9 Å². The molecule has 3 heterocycles. The van der Waals surface area contributed by atoms with Crippen molar-refractivity contribution in [3.05, 3.63) is 114 Å². The van der Waals surface area contributed by atoms with Gasteiger partial charge in [0.2, 0.25) is 0 Å². The van der Waals surface area contributed by atoms with E-state index in [9.17, 15) is 14.4 Å². The summed E-state index contributed by atoms with van der Waals surface area (Å²) < 4.78 is 18.1. The maximum atomic E-state index is 13.7.